The number of hydrogen-bond donors (Lipinski definition) is 0. The summed E-state index contributed by atoms with van der Waals surface area (Å²) in [7, 11) is 0. The topological polar surface area (TPSA) is 0 Å². The number of rotatable bonds is 0. The number of benzene rings is 2. The lowest BCUT2D eigenvalue weighted by Gasteiger charge is -2.14. The summed E-state index contributed by atoms with van der Waals surface area (Å²) < 4.78 is 14.6. The Kier molecular flexibility index (Phi) is 3.32. The molecule has 0 nitrogen and oxygen atoms in total. The second-order valence-electron chi connectivity index (χ2n) is 4.97. The molecule has 0 N–H and O–H groups in total. The maximum absolute atomic E-state index is 13.7. The Morgan fingerprint density at radius 1 is 0.952 bits per heavy atom. The first kappa shape index (κ1) is 13.7. The Morgan fingerprint density at radius 2 is 1.76 bits per heavy atom. The third-order valence-corrected chi connectivity index (χ3v) is 6.40. The molecule has 1 unspecified atom stereocenters. The van der Waals surface area contributed by atoms with Crippen LogP contribution < -0.4 is 0 Å². The van der Waals surface area contributed by atoms with E-state index >= 15 is 0 Å². The quantitative estimate of drug-likeness (QED) is 0.277. The summed E-state index contributed by atoms with van der Waals surface area (Å²) in [6.45, 7) is 0. The summed E-state index contributed by atoms with van der Waals surface area (Å²) in [5.41, 5.74) is 5.59. The highest BCUT2D eigenvalue weighted by Crippen LogP contribution is 2.51. The second-order valence-corrected chi connectivity index (χ2v) is 7.90. The fraction of sp³-hybridized carbons (Fsp3) is 0.0588. The van der Waals surface area contributed by atoms with E-state index in [4.69, 9.17) is 11.6 Å². The van der Waals surface area contributed by atoms with E-state index in [-0.39, 0.29) is 9.74 Å². The van der Waals surface area contributed by atoms with Crippen molar-refractivity contribution in [1.82, 2.24) is 0 Å². The molecule has 0 fully saturated rings. The van der Waals surface area contributed by atoms with Gasteiger partial charge in [0.2, 0.25) is 0 Å². The molecule has 4 heteroatoms. The molecule has 3 aromatic rings. The first-order valence-electron chi connectivity index (χ1n) is 6.47. The van der Waals surface area contributed by atoms with Crippen LogP contribution in [0.5, 0.6) is 0 Å². The first-order chi connectivity index (χ1) is 10.1. The zero-order valence-electron chi connectivity index (χ0n) is 10.7. The van der Waals surface area contributed by atoms with Crippen LogP contribution in [0, 0.1) is 5.82 Å². The molecule has 0 aliphatic heterocycles. The molecule has 0 saturated carbocycles. The highest BCUT2D eigenvalue weighted by Gasteiger charge is 2.27. The monoisotopic (exact) mass is 426 g/mol. The van der Waals surface area contributed by atoms with Gasteiger partial charge in [-0.15, -0.1) is 11.3 Å². The highest BCUT2D eigenvalue weighted by atomic mass is 127. The number of fused-ring (bicyclic) bond motifs is 5. The molecule has 2 aromatic carbocycles. The van der Waals surface area contributed by atoms with E-state index in [1.165, 1.54) is 22.1 Å². The largest absolute Gasteiger partial charge is 0.207 e. The Balaban J connectivity index is 2.15. The van der Waals surface area contributed by atoms with Gasteiger partial charge in [0, 0.05) is 10.4 Å². The summed E-state index contributed by atoms with van der Waals surface area (Å²) in [5, 5.41) is 0. The Bertz CT molecular complexity index is 856. The first-order valence-corrected chi connectivity index (χ1v) is 8.91. The Labute approximate surface area is 144 Å². The van der Waals surface area contributed by atoms with Crippen LogP contribution in [0.15, 0.2) is 48.5 Å². The molecule has 1 atom stereocenters. The molecule has 21 heavy (non-hydrogen) atoms. The molecule has 1 aliphatic rings. The van der Waals surface area contributed by atoms with Crippen LogP contribution in [-0.4, -0.2) is 0 Å². The third kappa shape index (κ3) is 2.14. The predicted molar refractivity (Wildman–Crippen MR) is 96.0 cm³/mol. The predicted octanol–water partition coefficient (Wildman–Crippen LogP) is 6.71. The van der Waals surface area contributed by atoms with Crippen molar-refractivity contribution < 1.29 is 4.39 Å². The van der Waals surface area contributed by atoms with Gasteiger partial charge in [0.1, 0.15) is 5.82 Å². The van der Waals surface area contributed by atoms with Gasteiger partial charge in [-0.2, -0.15) is 0 Å². The lowest BCUT2D eigenvalue weighted by Crippen LogP contribution is -1.95. The molecule has 0 saturated heterocycles. The molecule has 0 spiro atoms. The average molecular weight is 427 g/mol. The minimum atomic E-state index is -0.197. The SMILES string of the molecule is Fc1ccc2c(c1)C(I)c1ccccc1-c1sc(Cl)cc1-2. The van der Waals surface area contributed by atoms with Gasteiger partial charge in [0.25, 0.3) is 0 Å². The molecule has 4 rings (SSSR count). The Morgan fingerprint density at radius 3 is 2.62 bits per heavy atom. The van der Waals surface area contributed by atoms with Gasteiger partial charge in [-0.3, -0.25) is 0 Å². The molecule has 1 aliphatic carbocycles. The van der Waals surface area contributed by atoms with Crippen LogP contribution in [0.1, 0.15) is 15.1 Å². The van der Waals surface area contributed by atoms with Crippen molar-refractivity contribution in [3.8, 4) is 21.6 Å². The van der Waals surface area contributed by atoms with Crippen LogP contribution in [0.3, 0.4) is 0 Å². The normalized spacial score (nSPS) is 15.9. The number of alkyl halides is 1. The second kappa shape index (κ2) is 5.07. The summed E-state index contributed by atoms with van der Waals surface area (Å²) >= 11 is 10.2. The summed E-state index contributed by atoms with van der Waals surface area (Å²) in [4.78, 5) is 1.17. The van der Waals surface area contributed by atoms with E-state index in [9.17, 15) is 4.39 Å². The van der Waals surface area contributed by atoms with Crippen LogP contribution in [0.4, 0.5) is 4.39 Å². The van der Waals surface area contributed by atoms with Crippen molar-refractivity contribution in [2.75, 3.05) is 0 Å². The van der Waals surface area contributed by atoms with Gasteiger partial charge in [-0.25, -0.2) is 4.39 Å². The van der Waals surface area contributed by atoms with Crippen LogP contribution >= 0.6 is 45.5 Å². The molecule has 0 amide bonds. The van der Waals surface area contributed by atoms with E-state index in [2.05, 4.69) is 34.7 Å². The standard InChI is InChI=1S/C17H9ClFIS/c18-15-8-14-10-6-5-9(19)7-13(10)16(20)11-3-1-2-4-12(11)17(14)21-15/h1-8,16H. The van der Waals surface area contributed by atoms with E-state index in [1.807, 2.05) is 24.3 Å². The summed E-state index contributed by atoms with van der Waals surface area (Å²) in [5.74, 6) is -0.197. The van der Waals surface area contributed by atoms with Crippen molar-refractivity contribution in [2.45, 2.75) is 3.92 Å². The van der Waals surface area contributed by atoms with Crippen LogP contribution in [0.25, 0.3) is 21.6 Å². The molecular weight excluding hydrogens is 418 g/mol. The van der Waals surface area contributed by atoms with E-state index in [0.717, 1.165) is 21.0 Å². The zero-order chi connectivity index (χ0) is 14.6. The van der Waals surface area contributed by atoms with Crippen molar-refractivity contribution in [2.24, 2.45) is 0 Å². The Hall–Kier alpha value is -0.910. The number of thiophene rings is 1. The van der Waals surface area contributed by atoms with Crippen molar-refractivity contribution in [1.29, 1.82) is 0 Å². The minimum Gasteiger partial charge on any atom is -0.207 e. The lowest BCUT2D eigenvalue weighted by atomic mass is 9.99. The van der Waals surface area contributed by atoms with Crippen molar-refractivity contribution >= 4 is 45.5 Å². The van der Waals surface area contributed by atoms with Gasteiger partial charge in [0.05, 0.1) is 8.26 Å². The van der Waals surface area contributed by atoms with E-state index in [0.29, 0.717) is 0 Å². The molecular formula is C17H9ClFIS. The van der Waals surface area contributed by atoms with Gasteiger partial charge >= 0.3 is 0 Å². The van der Waals surface area contributed by atoms with Gasteiger partial charge in [-0.1, -0.05) is 64.5 Å². The smallest absolute Gasteiger partial charge is 0.123 e. The van der Waals surface area contributed by atoms with Crippen molar-refractivity contribution in [3.05, 3.63) is 69.8 Å². The van der Waals surface area contributed by atoms with Gasteiger partial charge in [0.15, 0.2) is 0 Å². The lowest BCUT2D eigenvalue weighted by molar-refractivity contribution is 0.626. The van der Waals surface area contributed by atoms with Gasteiger partial charge < -0.3 is 0 Å². The van der Waals surface area contributed by atoms with Crippen molar-refractivity contribution in [3.63, 3.8) is 0 Å². The van der Waals surface area contributed by atoms with Crippen LogP contribution in [0.2, 0.25) is 4.34 Å². The molecule has 104 valence electrons. The number of halogens is 3. The average Bonchev–Trinajstić information content (AvgIpc) is 2.84. The minimum absolute atomic E-state index is 0.128. The maximum atomic E-state index is 13.7. The zero-order valence-corrected chi connectivity index (χ0v) is 14.5. The van der Waals surface area contributed by atoms with E-state index in [1.54, 1.807) is 17.4 Å². The fourth-order valence-corrected chi connectivity index (χ4v) is 5.19. The highest BCUT2D eigenvalue weighted by molar-refractivity contribution is 14.1. The maximum Gasteiger partial charge on any atom is 0.123 e. The van der Waals surface area contributed by atoms with Crippen LogP contribution in [-0.2, 0) is 0 Å². The molecule has 0 radical (unpaired) electrons. The third-order valence-electron chi connectivity index (χ3n) is 3.76. The number of hydrogen-bond acceptors (Lipinski definition) is 1. The molecule has 1 heterocycles. The molecule has 0 bridgehead atoms. The summed E-state index contributed by atoms with van der Waals surface area (Å²) in [6.07, 6.45) is 0. The van der Waals surface area contributed by atoms with E-state index < -0.39 is 0 Å². The molecule has 1 aromatic heterocycles. The fourth-order valence-electron chi connectivity index (χ4n) is 2.84. The summed E-state index contributed by atoms with van der Waals surface area (Å²) in [6, 6.07) is 15.3. The van der Waals surface area contributed by atoms with Gasteiger partial charge in [-0.05, 0) is 40.5 Å².